The Morgan fingerprint density at radius 3 is 2.33 bits per heavy atom. The number of hydrogen-bond acceptors (Lipinski definition) is 2. The molecule has 0 saturated carbocycles. The van der Waals surface area contributed by atoms with E-state index in [1.165, 1.54) is 11.5 Å². The minimum Gasteiger partial charge on any atom is -0.266 e. The first-order valence-electron chi connectivity index (χ1n) is 4.54. The molecule has 1 aromatic heterocycles. The number of hydrogen-bond donors (Lipinski definition) is 0. The number of benzene rings is 1. The molecule has 0 aliphatic rings. The maximum absolute atomic E-state index is 11.7. The molecule has 0 N–H and O–H groups in total. The van der Waals surface area contributed by atoms with Crippen LogP contribution in [0.5, 0.6) is 0 Å². The fourth-order valence-corrected chi connectivity index (χ4v) is 2.71. The lowest BCUT2D eigenvalue weighted by Gasteiger charge is -2.08. The molecule has 0 saturated heterocycles. The van der Waals surface area contributed by atoms with Crippen LogP contribution in [0.3, 0.4) is 0 Å². The number of nitrogens with zero attached hydrogens (tertiary/aromatic N) is 1. The van der Waals surface area contributed by atoms with Crippen molar-refractivity contribution in [2.24, 2.45) is 0 Å². The van der Waals surface area contributed by atoms with Gasteiger partial charge in [0.05, 0.1) is 5.69 Å². The molecule has 1 heterocycles. The summed E-state index contributed by atoms with van der Waals surface area (Å²) in [6.07, 6.45) is 0. The van der Waals surface area contributed by atoms with E-state index in [0.29, 0.717) is 0 Å². The molecule has 78 valence electrons. The quantitative estimate of drug-likeness (QED) is 0.749. The van der Waals surface area contributed by atoms with Crippen molar-refractivity contribution >= 4 is 23.1 Å². The maximum Gasteiger partial charge on any atom is 0.284 e. The van der Waals surface area contributed by atoms with Gasteiger partial charge in [0.15, 0.2) is 0 Å². The summed E-state index contributed by atoms with van der Waals surface area (Å²) in [5, 5.41) is 1.94. The summed E-state index contributed by atoms with van der Waals surface area (Å²) in [5.41, 5.74) is 2.96. The highest BCUT2D eigenvalue weighted by Gasteiger charge is 2.10. The predicted molar refractivity (Wildman–Crippen MR) is 64.4 cm³/mol. The standard InChI is InChI=1S/C11H10ClNOS/c1-7-4-3-5-8(2)10(7)13-11(14)9(12)6-15-13/h3-6H,1-2H3. The zero-order valence-electron chi connectivity index (χ0n) is 8.45. The average molecular weight is 240 g/mol. The van der Waals surface area contributed by atoms with Gasteiger partial charge in [0, 0.05) is 5.38 Å². The molecule has 0 unspecified atom stereocenters. The van der Waals surface area contributed by atoms with E-state index in [9.17, 15) is 4.79 Å². The molecule has 2 rings (SSSR count). The first-order chi connectivity index (χ1) is 7.11. The van der Waals surface area contributed by atoms with E-state index in [4.69, 9.17) is 11.6 Å². The number of halogens is 1. The van der Waals surface area contributed by atoms with Crippen molar-refractivity contribution in [3.05, 3.63) is 50.1 Å². The third kappa shape index (κ3) is 1.73. The zero-order chi connectivity index (χ0) is 11.0. The summed E-state index contributed by atoms with van der Waals surface area (Å²) in [6, 6.07) is 5.96. The second-order valence-corrected chi connectivity index (χ2v) is 4.63. The number of aryl methyl sites for hydroxylation is 2. The van der Waals surface area contributed by atoms with Crippen molar-refractivity contribution in [3.63, 3.8) is 0 Å². The van der Waals surface area contributed by atoms with Crippen LogP contribution in [0.2, 0.25) is 5.02 Å². The Balaban J connectivity index is 2.75. The van der Waals surface area contributed by atoms with Gasteiger partial charge in [0.2, 0.25) is 0 Å². The molecule has 2 aromatic rings. The second kappa shape index (κ2) is 3.83. The fourth-order valence-electron chi connectivity index (χ4n) is 1.57. The Morgan fingerprint density at radius 1 is 1.27 bits per heavy atom. The SMILES string of the molecule is Cc1cccc(C)c1-n1scc(Cl)c1=O. The van der Waals surface area contributed by atoms with E-state index in [1.54, 1.807) is 9.34 Å². The van der Waals surface area contributed by atoms with E-state index < -0.39 is 0 Å². The van der Waals surface area contributed by atoms with Crippen LogP contribution < -0.4 is 5.56 Å². The Bertz CT molecular complexity index is 536. The molecule has 0 radical (unpaired) electrons. The van der Waals surface area contributed by atoms with Gasteiger partial charge in [-0.3, -0.25) is 4.79 Å². The van der Waals surface area contributed by atoms with E-state index >= 15 is 0 Å². The molecule has 0 aliphatic heterocycles. The van der Waals surface area contributed by atoms with Crippen LogP contribution in [-0.2, 0) is 0 Å². The third-order valence-electron chi connectivity index (χ3n) is 2.29. The monoisotopic (exact) mass is 239 g/mol. The molecule has 0 aliphatic carbocycles. The fraction of sp³-hybridized carbons (Fsp3) is 0.182. The van der Waals surface area contributed by atoms with Crippen LogP contribution in [-0.4, -0.2) is 3.96 Å². The van der Waals surface area contributed by atoms with Crippen molar-refractivity contribution in [3.8, 4) is 5.69 Å². The number of aromatic nitrogens is 1. The van der Waals surface area contributed by atoms with Gasteiger partial charge in [-0.15, -0.1) is 0 Å². The number of para-hydroxylation sites is 1. The molecular formula is C11H10ClNOS. The summed E-state index contributed by atoms with van der Waals surface area (Å²) < 4.78 is 1.63. The average Bonchev–Trinajstić information content (AvgIpc) is 2.49. The molecule has 0 atom stereocenters. The third-order valence-corrected chi connectivity index (χ3v) is 3.59. The molecule has 0 fully saturated rings. The van der Waals surface area contributed by atoms with Crippen molar-refractivity contribution in [1.29, 1.82) is 0 Å². The highest BCUT2D eigenvalue weighted by molar-refractivity contribution is 7.05. The van der Waals surface area contributed by atoms with Crippen LogP contribution in [0.25, 0.3) is 5.69 Å². The normalized spacial score (nSPS) is 10.6. The van der Waals surface area contributed by atoms with Gasteiger partial charge < -0.3 is 0 Å². The Hall–Kier alpha value is -1.06. The van der Waals surface area contributed by atoms with Crippen molar-refractivity contribution < 1.29 is 0 Å². The second-order valence-electron chi connectivity index (χ2n) is 3.41. The van der Waals surface area contributed by atoms with Crippen LogP contribution in [0, 0.1) is 13.8 Å². The van der Waals surface area contributed by atoms with Crippen molar-refractivity contribution in [2.75, 3.05) is 0 Å². The van der Waals surface area contributed by atoms with E-state index in [-0.39, 0.29) is 10.6 Å². The van der Waals surface area contributed by atoms with E-state index in [2.05, 4.69) is 0 Å². The largest absolute Gasteiger partial charge is 0.284 e. The Morgan fingerprint density at radius 2 is 1.87 bits per heavy atom. The molecule has 0 spiro atoms. The van der Waals surface area contributed by atoms with Crippen LogP contribution >= 0.6 is 23.1 Å². The lowest BCUT2D eigenvalue weighted by atomic mass is 10.1. The van der Waals surface area contributed by atoms with Crippen LogP contribution in [0.15, 0.2) is 28.4 Å². The summed E-state index contributed by atoms with van der Waals surface area (Å²) in [5.74, 6) is 0. The molecule has 0 amide bonds. The van der Waals surface area contributed by atoms with Gasteiger partial charge in [-0.25, -0.2) is 3.96 Å². The molecule has 0 bridgehead atoms. The van der Waals surface area contributed by atoms with Crippen molar-refractivity contribution in [1.82, 2.24) is 3.96 Å². The highest BCUT2D eigenvalue weighted by Crippen LogP contribution is 2.20. The molecular weight excluding hydrogens is 230 g/mol. The highest BCUT2D eigenvalue weighted by atomic mass is 35.5. The first-order valence-corrected chi connectivity index (χ1v) is 5.76. The molecule has 4 heteroatoms. The van der Waals surface area contributed by atoms with E-state index in [1.807, 2.05) is 32.0 Å². The lowest BCUT2D eigenvalue weighted by Crippen LogP contribution is -2.13. The van der Waals surface area contributed by atoms with Gasteiger partial charge in [-0.2, -0.15) is 0 Å². The Labute approximate surface area is 96.9 Å². The smallest absolute Gasteiger partial charge is 0.266 e. The number of rotatable bonds is 1. The van der Waals surface area contributed by atoms with Gasteiger partial charge in [-0.1, -0.05) is 41.3 Å². The minimum atomic E-state index is -0.140. The maximum atomic E-state index is 11.7. The van der Waals surface area contributed by atoms with Crippen LogP contribution in [0.4, 0.5) is 0 Å². The molecule has 2 nitrogen and oxygen atoms in total. The predicted octanol–water partition coefficient (Wildman–Crippen LogP) is 3.17. The van der Waals surface area contributed by atoms with Gasteiger partial charge in [0.1, 0.15) is 5.02 Å². The summed E-state index contributed by atoms with van der Waals surface area (Å²) in [6.45, 7) is 3.98. The summed E-state index contributed by atoms with van der Waals surface area (Å²) in [7, 11) is 0. The van der Waals surface area contributed by atoms with Gasteiger partial charge in [-0.05, 0) is 25.0 Å². The molecule has 15 heavy (non-hydrogen) atoms. The minimum absolute atomic E-state index is 0.140. The molecule has 1 aromatic carbocycles. The van der Waals surface area contributed by atoms with Crippen molar-refractivity contribution in [2.45, 2.75) is 13.8 Å². The van der Waals surface area contributed by atoms with Gasteiger partial charge >= 0.3 is 0 Å². The zero-order valence-corrected chi connectivity index (χ0v) is 10.0. The topological polar surface area (TPSA) is 22.0 Å². The van der Waals surface area contributed by atoms with Gasteiger partial charge in [0.25, 0.3) is 5.56 Å². The van der Waals surface area contributed by atoms with E-state index in [0.717, 1.165) is 16.8 Å². The first kappa shape index (κ1) is 10.5. The summed E-state index contributed by atoms with van der Waals surface area (Å²) >= 11 is 7.09. The lowest BCUT2D eigenvalue weighted by molar-refractivity contribution is 1.09. The summed E-state index contributed by atoms with van der Waals surface area (Å²) in [4.78, 5) is 11.7. The Kier molecular flexibility index (Phi) is 2.67. The van der Waals surface area contributed by atoms with Crippen LogP contribution in [0.1, 0.15) is 11.1 Å².